The normalized spacial score (nSPS) is 27.1. The zero-order valence-corrected chi connectivity index (χ0v) is 10.8. The van der Waals surface area contributed by atoms with Gasteiger partial charge in [-0.1, -0.05) is 6.07 Å². The summed E-state index contributed by atoms with van der Waals surface area (Å²) in [6, 6.07) is 5.69. The SMILES string of the molecule is CC(c1cccnc1)N(C)C1CCC(N)CC1. The van der Waals surface area contributed by atoms with E-state index < -0.39 is 0 Å². The van der Waals surface area contributed by atoms with E-state index in [4.69, 9.17) is 5.73 Å². The Labute approximate surface area is 104 Å². The number of nitrogens with two attached hydrogens (primary N) is 1. The van der Waals surface area contributed by atoms with E-state index in [-0.39, 0.29) is 0 Å². The van der Waals surface area contributed by atoms with E-state index in [1.54, 1.807) is 0 Å². The zero-order valence-electron chi connectivity index (χ0n) is 10.8. The Morgan fingerprint density at radius 1 is 1.35 bits per heavy atom. The molecule has 1 aromatic heterocycles. The van der Waals surface area contributed by atoms with Crippen LogP contribution in [0.1, 0.15) is 44.2 Å². The van der Waals surface area contributed by atoms with Crippen molar-refractivity contribution in [2.24, 2.45) is 5.73 Å². The van der Waals surface area contributed by atoms with Crippen LogP contribution in [-0.2, 0) is 0 Å². The molecule has 1 fully saturated rings. The van der Waals surface area contributed by atoms with Crippen LogP contribution in [0.5, 0.6) is 0 Å². The van der Waals surface area contributed by atoms with Crippen molar-refractivity contribution in [3.63, 3.8) is 0 Å². The van der Waals surface area contributed by atoms with Gasteiger partial charge in [0.2, 0.25) is 0 Å². The smallest absolute Gasteiger partial charge is 0.0335 e. The summed E-state index contributed by atoms with van der Waals surface area (Å²) in [5.74, 6) is 0. The lowest BCUT2D eigenvalue weighted by Gasteiger charge is -2.37. The van der Waals surface area contributed by atoms with Crippen LogP contribution in [0.4, 0.5) is 0 Å². The molecule has 1 heterocycles. The van der Waals surface area contributed by atoms with Crippen LogP contribution in [0.3, 0.4) is 0 Å². The molecule has 1 aliphatic rings. The number of hydrogen-bond acceptors (Lipinski definition) is 3. The van der Waals surface area contributed by atoms with Crippen molar-refractivity contribution in [1.82, 2.24) is 9.88 Å². The van der Waals surface area contributed by atoms with Crippen molar-refractivity contribution < 1.29 is 0 Å². The average Bonchev–Trinajstić information content (AvgIpc) is 2.39. The summed E-state index contributed by atoms with van der Waals surface area (Å²) in [6.07, 6.45) is 8.57. The lowest BCUT2D eigenvalue weighted by atomic mass is 9.90. The van der Waals surface area contributed by atoms with Crippen LogP contribution in [0.15, 0.2) is 24.5 Å². The van der Waals surface area contributed by atoms with Crippen LogP contribution in [0.2, 0.25) is 0 Å². The Kier molecular flexibility index (Phi) is 4.13. The van der Waals surface area contributed by atoms with Gasteiger partial charge in [0, 0.05) is 30.5 Å². The topological polar surface area (TPSA) is 42.2 Å². The molecule has 94 valence electrons. The monoisotopic (exact) mass is 233 g/mol. The second-order valence-electron chi connectivity index (χ2n) is 5.20. The molecule has 0 spiro atoms. The second-order valence-corrected chi connectivity index (χ2v) is 5.20. The van der Waals surface area contributed by atoms with Crippen LogP contribution in [0.25, 0.3) is 0 Å². The fourth-order valence-corrected chi connectivity index (χ4v) is 2.68. The minimum absolute atomic E-state index is 0.424. The van der Waals surface area contributed by atoms with Gasteiger partial charge in [-0.05, 0) is 51.3 Å². The molecular formula is C14H23N3. The molecule has 2 N–H and O–H groups in total. The van der Waals surface area contributed by atoms with Crippen molar-refractivity contribution in [2.75, 3.05) is 7.05 Å². The highest BCUT2D eigenvalue weighted by Gasteiger charge is 2.25. The lowest BCUT2D eigenvalue weighted by molar-refractivity contribution is 0.140. The molecule has 0 saturated heterocycles. The van der Waals surface area contributed by atoms with Gasteiger partial charge in [0.1, 0.15) is 0 Å². The molecule has 1 aromatic rings. The lowest BCUT2D eigenvalue weighted by Crippen LogP contribution is -2.39. The van der Waals surface area contributed by atoms with Gasteiger partial charge in [-0.3, -0.25) is 9.88 Å². The molecule has 2 rings (SSSR count). The highest BCUT2D eigenvalue weighted by Crippen LogP contribution is 2.27. The van der Waals surface area contributed by atoms with Crippen LogP contribution >= 0.6 is 0 Å². The molecular weight excluding hydrogens is 210 g/mol. The fourth-order valence-electron chi connectivity index (χ4n) is 2.68. The number of pyridine rings is 1. The van der Waals surface area contributed by atoms with E-state index in [2.05, 4.69) is 29.9 Å². The van der Waals surface area contributed by atoms with Crippen molar-refractivity contribution >= 4 is 0 Å². The third-order valence-electron chi connectivity index (χ3n) is 4.10. The first kappa shape index (κ1) is 12.5. The molecule has 1 aliphatic carbocycles. The number of nitrogens with zero attached hydrogens (tertiary/aromatic N) is 2. The predicted molar refractivity (Wildman–Crippen MR) is 70.6 cm³/mol. The molecule has 1 saturated carbocycles. The summed E-state index contributed by atoms with van der Waals surface area (Å²) in [4.78, 5) is 6.67. The summed E-state index contributed by atoms with van der Waals surface area (Å²) in [5, 5.41) is 0. The van der Waals surface area contributed by atoms with Crippen molar-refractivity contribution in [3.05, 3.63) is 30.1 Å². The molecule has 0 aromatic carbocycles. The summed E-state index contributed by atoms with van der Waals surface area (Å²) in [7, 11) is 2.22. The largest absolute Gasteiger partial charge is 0.328 e. The Morgan fingerprint density at radius 3 is 2.65 bits per heavy atom. The number of aromatic nitrogens is 1. The quantitative estimate of drug-likeness (QED) is 0.871. The predicted octanol–water partition coefficient (Wildman–Crippen LogP) is 2.34. The molecule has 0 radical (unpaired) electrons. The second kappa shape index (κ2) is 5.61. The van der Waals surface area contributed by atoms with Crippen LogP contribution in [0, 0.1) is 0 Å². The minimum Gasteiger partial charge on any atom is -0.328 e. The first-order valence-corrected chi connectivity index (χ1v) is 6.56. The molecule has 0 aliphatic heterocycles. The first-order valence-electron chi connectivity index (χ1n) is 6.56. The Hall–Kier alpha value is -0.930. The van der Waals surface area contributed by atoms with Crippen LogP contribution in [-0.4, -0.2) is 29.0 Å². The standard InChI is InChI=1S/C14H23N3/c1-11(12-4-3-9-16-10-12)17(2)14-7-5-13(15)6-8-14/h3-4,9-11,13-14H,5-8,15H2,1-2H3. The highest BCUT2D eigenvalue weighted by atomic mass is 15.2. The maximum atomic E-state index is 5.96. The summed E-state index contributed by atoms with van der Waals surface area (Å²) >= 11 is 0. The number of rotatable bonds is 3. The van der Waals surface area contributed by atoms with Gasteiger partial charge < -0.3 is 5.73 Å². The number of hydrogen-bond donors (Lipinski definition) is 1. The van der Waals surface area contributed by atoms with Crippen molar-refractivity contribution in [3.8, 4) is 0 Å². The van der Waals surface area contributed by atoms with Gasteiger partial charge in [0.25, 0.3) is 0 Å². The minimum atomic E-state index is 0.424. The highest BCUT2D eigenvalue weighted by molar-refractivity contribution is 5.13. The average molecular weight is 233 g/mol. The van der Waals surface area contributed by atoms with Gasteiger partial charge in [0.05, 0.1) is 0 Å². The zero-order chi connectivity index (χ0) is 12.3. The molecule has 17 heavy (non-hydrogen) atoms. The third-order valence-corrected chi connectivity index (χ3v) is 4.10. The van der Waals surface area contributed by atoms with Crippen LogP contribution < -0.4 is 5.73 Å². The molecule has 0 bridgehead atoms. The van der Waals surface area contributed by atoms with E-state index in [0.29, 0.717) is 18.1 Å². The van der Waals surface area contributed by atoms with E-state index in [1.807, 2.05) is 18.5 Å². The Bertz CT molecular complexity index is 331. The first-order chi connectivity index (χ1) is 8.18. The van der Waals surface area contributed by atoms with Crippen molar-refractivity contribution in [2.45, 2.75) is 50.7 Å². The van der Waals surface area contributed by atoms with Gasteiger partial charge in [-0.2, -0.15) is 0 Å². The maximum absolute atomic E-state index is 5.96. The van der Waals surface area contributed by atoms with E-state index >= 15 is 0 Å². The maximum Gasteiger partial charge on any atom is 0.0335 e. The Morgan fingerprint density at radius 2 is 2.06 bits per heavy atom. The summed E-state index contributed by atoms with van der Waals surface area (Å²) in [5.41, 5.74) is 7.25. The molecule has 0 amide bonds. The summed E-state index contributed by atoms with van der Waals surface area (Å²) < 4.78 is 0. The molecule has 1 unspecified atom stereocenters. The molecule has 1 atom stereocenters. The fraction of sp³-hybridized carbons (Fsp3) is 0.643. The van der Waals surface area contributed by atoms with Gasteiger partial charge in [-0.25, -0.2) is 0 Å². The van der Waals surface area contributed by atoms with Gasteiger partial charge in [-0.15, -0.1) is 0 Å². The van der Waals surface area contributed by atoms with Gasteiger partial charge in [0.15, 0.2) is 0 Å². The van der Waals surface area contributed by atoms with E-state index in [1.165, 1.54) is 18.4 Å². The summed E-state index contributed by atoms with van der Waals surface area (Å²) in [6.45, 7) is 2.26. The van der Waals surface area contributed by atoms with Crippen molar-refractivity contribution in [1.29, 1.82) is 0 Å². The van der Waals surface area contributed by atoms with Gasteiger partial charge >= 0.3 is 0 Å². The Balaban J connectivity index is 1.98. The van der Waals surface area contributed by atoms with E-state index in [0.717, 1.165) is 12.8 Å². The molecule has 3 nitrogen and oxygen atoms in total. The third kappa shape index (κ3) is 3.05. The molecule has 3 heteroatoms. The van der Waals surface area contributed by atoms with E-state index in [9.17, 15) is 0 Å².